The maximum Gasteiger partial charge on any atom is 0.0664 e. The molecule has 0 amide bonds. The van der Waals surface area contributed by atoms with Crippen LogP contribution in [-0.4, -0.2) is 47.6 Å². The highest BCUT2D eigenvalue weighted by atomic mass is 16.3. The van der Waals surface area contributed by atoms with Crippen molar-refractivity contribution in [3.63, 3.8) is 0 Å². The highest BCUT2D eigenvalue weighted by Gasteiger charge is 2.09. The minimum absolute atomic E-state index is 0.187. The first-order chi connectivity index (χ1) is 12.5. The topological polar surface area (TPSA) is 64.5 Å². The van der Waals surface area contributed by atoms with Gasteiger partial charge in [-0.3, -0.25) is 0 Å². The van der Waals surface area contributed by atoms with Crippen molar-refractivity contribution in [1.29, 1.82) is 0 Å². The lowest BCUT2D eigenvalue weighted by Crippen LogP contribution is -2.35. The van der Waals surface area contributed by atoms with Gasteiger partial charge in [0.15, 0.2) is 0 Å². The first-order valence-electron chi connectivity index (χ1n) is 11.4. The minimum Gasteiger partial charge on any atom is -0.392 e. The fourth-order valence-corrected chi connectivity index (χ4v) is 3.43. The molecule has 4 heteroatoms. The summed E-state index contributed by atoms with van der Waals surface area (Å²) in [7, 11) is 0. The van der Waals surface area contributed by atoms with Crippen molar-refractivity contribution < 1.29 is 10.2 Å². The summed E-state index contributed by atoms with van der Waals surface area (Å²) in [5.74, 6) is 0. The molecule has 0 saturated carbocycles. The lowest BCUT2D eigenvalue weighted by molar-refractivity contribution is 0.155. The Bertz CT molecular complexity index is 289. The summed E-state index contributed by atoms with van der Waals surface area (Å²) in [6, 6.07) is 1.06. The smallest absolute Gasteiger partial charge is 0.0664 e. The van der Waals surface area contributed by atoms with Crippen LogP contribution in [0.3, 0.4) is 0 Å². The first kappa shape index (κ1) is 25.8. The Morgan fingerprint density at radius 2 is 1.15 bits per heavy atom. The zero-order valence-electron chi connectivity index (χ0n) is 18.1. The normalized spacial score (nSPS) is 16.4. The minimum atomic E-state index is -0.189. The summed E-state index contributed by atoms with van der Waals surface area (Å²) in [6.07, 6.45) is 13.6. The standard InChI is InChI=1S/C22H48N2O2/c1-5-13-21(25)17-23-19(4)15-11-9-8-10-12-16-20(7-3)24-18-22(26)14-6-2/h19-26H,5-18H2,1-4H3. The predicted octanol–water partition coefficient (Wildman–Crippen LogP) is 4.39. The van der Waals surface area contributed by atoms with Gasteiger partial charge in [-0.2, -0.15) is 0 Å². The molecule has 0 bridgehead atoms. The van der Waals surface area contributed by atoms with E-state index in [0.717, 1.165) is 45.2 Å². The van der Waals surface area contributed by atoms with Gasteiger partial charge in [0.05, 0.1) is 12.2 Å². The van der Waals surface area contributed by atoms with Crippen LogP contribution in [0.5, 0.6) is 0 Å². The number of nitrogens with one attached hydrogen (secondary N) is 2. The second kappa shape index (κ2) is 18.2. The van der Waals surface area contributed by atoms with E-state index in [1.54, 1.807) is 0 Å². The molecule has 26 heavy (non-hydrogen) atoms. The van der Waals surface area contributed by atoms with E-state index in [1.807, 2.05) is 0 Å². The average molecular weight is 373 g/mol. The molecule has 0 aromatic carbocycles. The Kier molecular flexibility index (Phi) is 18.1. The van der Waals surface area contributed by atoms with Gasteiger partial charge < -0.3 is 20.8 Å². The highest BCUT2D eigenvalue weighted by molar-refractivity contribution is 4.69. The molecule has 0 rings (SSSR count). The number of hydrogen-bond acceptors (Lipinski definition) is 4. The molecule has 0 aromatic rings. The van der Waals surface area contributed by atoms with Gasteiger partial charge >= 0.3 is 0 Å². The summed E-state index contributed by atoms with van der Waals surface area (Å²) in [5.41, 5.74) is 0. The summed E-state index contributed by atoms with van der Waals surface area (Å²) in [4.78, 5) is 0. The molecule has 4 atom stereocenters. The number of unbranched alkanes of at least 4 members (excludes halogenated alkanes) is 4. The van der Waals surface area contributed by atoms with Crippen LogP contribution < -0.4 is 10.6 Å². The fraction of sp³-hybridized carbons (Fsp3) is 1.00. The summed E-state index contributed by atoms with van der Waals surface area (Å²) in [6.45, 7) is 10.2. The van der Waals surface area contributed by atoms with Gasteiger partial charge in [-0.25, -0.2) is 0 Å². The number of aliphatic hydroxyl groups excluding tert-OH is 2. The maximum atomic E-state index is 9.82. The predicted molar refractivity (Wildman–Crippen MR) is 114 cm³/mol. The second-order valence-corrected chi connectivity index (χ2v) is 8.05. The van der Waals surface area contributed by atoms with E-state index in [-0.39, 0.29) is 12.2 Å². The lowest BCUT2D eigenvalue weighted by Gasteiger charge is -2.19. The number of hydrogen-bond donors (Lipinski definition) is 4. The molecule has 0 aromatic heterocycles. The van der Waals surface area contributed by atoms with Gasteiger partial charge in [0.25, 0.3) is 0 Å². The van der Waals surface area contributed by atoms with E-state index in [0.29, 0.717) is 12.1 Å². The van der Waals surface area contributed by atoms with Gasteiger partial charge in [-0.1, -0.05) is 65.7 Å². The Hall–Kier alpha value is -0.160. The molecule has 0 aliphatic rings. The SMILES string of the molecule is CCCC(O)CNC(C)CCCCCCCC(CC)NCC(O)CCC. The number of rotatable bonds is 19. The molecule has 0 fully saturated rings. The van der Waals surface area contributed by atoms with E-state index >= 15 is 0 Å². The zero-order chi connectivity index (χ0) is 19.6. The molecule has 0 aliphatic heterocycles. The van der Waals surface area contributed by atoms with Crippen molar-refractivity contribution in [3.05, 3.63) is 0 Å². The molecule has 0 radical (unpaired) electrons. The van der Waals surface area contributed by atoms with E-state index < -0.39 is 0 Å². The Morgan fingerprint density at radius 3 is 1.69 bits per heavy atom. The second-order valence-electron chi connectivity index (χ2n) is 8.05. The van der Waals surface area contributed by atoms with Crippen LogP contribution in [0.1, 0.15) is 105 Å². The van der Waals surface area contributed by atoms with Gasteiger partial charge in [0.2, 0.25) is 0 Å². The molecule has 0 spiro atoms. The van der Waals surface area contributed by atoms with Gasteiger partial charge in [-0.15, -0.1) is 0 Å². The molecule has 158 valence electrons. The molecular weight excluding hydrogens is 324 g/mol. The van der Waals surface area contributed by atoms with E-state index in [9.17, 15) is 10.2 Å². The van der Waals surface area contributed by atoms with Crippen molar-refractivity contribution in [3.8, 4) is 0 Å². The van der Waals surface area contributed by atoms with Crippen LogP contribution in [-0.2, 0) is 0 Å². The largest absolute Gasteiger partial charge is 0.392 e. The maximum absolute atomic E-state index is 9.82. The Balaban J connectivity index is 3.52. The fourth-order valence-electron chi connectivity index (χ4n) is 3.43. The summed E-state index contributed by atoms with van der Waals surface area (Å²) >= 11 is 0. The van der Waals surface area contributed by atoms with E-state index in [4.69, 9.17) is 0 Å². The average Bonchev–Trinajstić information content (AvgIpc) is 2.62. The third-order valence-electron chi connectivity index (χ3n) is 5.27. The van der Waals surface area contributed by atoms with Crippen molar-refractivity contribution >= 4 is 0 Å². The van der Waals surface area contributed by atoms with Crippen LogP contribution in [0.15, 0.2) is 0 Å². The van der Waals surface area contributed by atoms with Crippen molar-refractivity contribution in [2.45, 2.75) is 129 Å². The number of aliphatic hydroxyl groups is 2. The quantitative estimate of drug-likeness (QED) is 0.254. The molecule has 0 aliphatic carbocycles. The summed E-state index contributed by atoms with van der Waals surface area (Å²) in [5, 5.41) is 26.5. The van der Waals surface area contributed by atoms with Crippen LogP contribution in [0.2, 0.25) is 0 Å². The van der Waals surface area contributed by atoms with Gasteiger partial charge in [0.1, 0.15) is 0 Å². The van der Waals surface area contributed by atoms with Crippen molar-refractivity contribution in [2.24, 2.45) is 0 Å². The highest BCUT2D eigenvalue weighted by Crippen LogP contribution is 2.11. The van der Waals surface area contributed by atoms with Gasteiger partial charge in [-0.05, 0) is 39.0 Å². The van der Waals surface area contributed by atoms with Crippen LogP contribution in [0.25, 0.3) is 0 Å². The Morgan fingerprint density at radius 1 is 0.654 bits per heavy atom. The third-order valence-corrected chi connectivity index (χ3v) is 5.27. The van der Waals surface area contributed by atoms with Crippen LogP contribution >= 0.6 is 0 Å². The third kappa shape index (κ3) is 16.0. The molecule has 0 saturated heterocycles. The van der Waals surface area contributed by atoms with E-state index in [2.05, 4.69) is 38.3 Å². The monoisotopic (exact) mass is 372 g/mol. The summed E-state index contributed by atoms with van der Waals surface area (Å²) < 4.78 is 0. The molecular formula is C22H48N2O2. The van der Waals surface area contributed by atoms with E-state index in [1.165, 1.54) is 44.9 Å². The molecule has 4 unspecified atom stereocenters. The molecule has 0 heterocycles. The van der Waals surface area contributed by atoms with Crippen molar-refractivity contribution in [2.75, 3.05) is 13.1 Å². The molecule has 4 N–H and O–H groups in total. The zero-order valence-corrected chi connectivity index (χ0v) is 18.1. The first-order valence-corrected chi connectivity index (χ1v) is 11.4. The molecule has 4 nitrogen and oxygen atoms in total. The van der Waals surface area contributed by atoms with Crippen LogP contribution in [0, 0.1) is 0 Å². The van der Waals surface area contributed by atoms with Gasteiger partial charge in [0, 0.05) is 25.2 Å². The van der Waals surface area contributed by atoms with Crippen molar-refractivity contribution in [1.82, 2.24) is 10.6 Å². The van der Waals surface area contributed by atoms with Crippen LogP contribution in [0.4, 0.5) is 0 Å². The lowest BCUT2D eigenvalue weighted by atomic mass is 10.0. The Labute approximate surface area is 163 Å².